The van der Waals surface area contributed by atoms with Gasteiger partial charge in [0, 0.05) is 12.2 Å². The summed E-state index contributed by atoms with van der Waals surface area (Å²) < 4.78 is 4.91. The lowest BCUT2D eigenvalue weighted by atomic mass is 9.95. The van der Waals surface area contributed by atoms with Gasteiger partial charge in [-0.1, -0.05) is 6.42 Å². The van der Waals surface area contributed by atoms with Crippen molar-refractivity contribution in [2.45, 2.75) is 37.9 Å². The Morgan fingerprint density at radius 2 is 1.87 bits per heavy atom. The van der Waals surface area contributed by atoms with Crippen LogP contribution in [0.25, 0.3) is 0 Å². The van der Waals surface area contributed by atoms with E-state index in [0.717, 1.165) is 25.0 Å². The molecule has 2 unspecified atom stereocenters. The molecule has 2 atom stereocenters. The first-order valence-electron chi connectivity index (χ1n) is 4.89. The molecule has 1 aliphatic rings. The van der Waals surface area contributed by atoms with E-state index >= 15 is 0 Å². The average Bonchev–Trinajstić information content (AvgIpc) is 2.18. The summed E-state index contributed by atoms with van der Waals surface area (Å²) in [4.78, 5) is 21.2. The quantitative estimate of drug-likeness (QED) is 0.527. The minimum atomic E-state index is -1.20. The Morgan fingerprint density at radius 1 is 1.20 bits per heavy atom. The second-order valence-corrected chi connectivity index (χ2v) is 3.50. The second kappa shape index (κ2) is 5.50. The van der Waals surface area contributed by atoms with Crippen LogP contribution in [0.1, 0.15) is 25.7 Å². The van der Waals surface area contributed by atoms with Crippen molar-refractivity contribution in [2.24, 2.45) is 0 Å². The van der Waals surface area contributed by atoms with Gasteiger partial charge in [-0.2, -0.15) is 0 Å². The van der Waals surface area contributed by atoms with E-state index < -0.39 is 24.1 Å². The lowest BCUT2D eigenvalue weighted by Gasteiger charge is -2.26. The van der Waals surface area contributed by atoms with Crippen LogP contribution in [0.5, 0.6) is 0 Å². The summed E-state index contributed by atoms with van der Waals surface area (Å²) in [6.45, 7) is 0. The van der Waals surface area contributed by atoms with Crippen LogP contribution in [0.2, 0.25) is 0 Å². The number of aliphatic carboxylic acids is 1. The van der Waals surface area contributed by atoms with Crippen LogP contribution >= 0.6 is 0 Å². The molecule has 0 spiro atoms. The normalized spacial score (nSPS) is 26.5. The molecule has 1 saturated carbocycles. The molecule has 0 amide bonds. The van der Waals surface area contributed by atoms with E-state index in [1.54, 1.807) is 0 Å². The number of hydrogen-bond donors (Lipinski definition) is 2. The number of carbonyl (C=O) groups is 2. The highest BCUT2D eigenvalue weighted by molar-refractivity contribution is 5.90. The predicted molar refractivity (Wildman–Crippen MR) is 51.1 cm³/mol. The lowest BCUT2D eigenvalue weighted by molar-refractivity contribution is -0.151. The fourth-order valence-corrected chi connectivity index (χ4v) is 1.54. The van der Waals surface area contributed by atoms with Gasteiger partial charge in [0.15, 0.2) is 0 Å². The zero-order chi connectivity index (χ0) is 11.3. The summed E-state index contributed by atoms with van der Waals surface area (Å²) in [6.07, 6.45) is 3.55. The highest BCUT2D eigenvalue weighted by Gasteiger charge is 2.25. The van der Waals surface area contributed by atoms with Crippen molar-refractivity contribution in [3.05, 3.63) is 12.2 Å². The monoisotopic (exact) mass is 214 g/mol. The highest BCUT2D eigenvalue weighted by atomic mass is 16.6. The van der Waals surface area contributed by atoms with Crippen molar-refractivity contribution in [3.8, 4) is 0 Å². The molecule has 0 aromatic rings. The van der Waals surface area contributed by atoms with Crippen LogP contribution < -0.4 is 0 Å². The molecule has 0 aromatic carbocycles. The molecular formula is C10H14O5. The van der Waals surface area contributed by atoms with E-state index in [9.17, 15) is 14.7 Å². The minimum Gasteiger partial charge on any atom is -0.478 e. The van der Waals surface area contributed by atoms with Crippen molar-refractivity contribution in [3.63, 3.8) is 0 Å². The first kappa shape index (κ1) is 11.7. The van der Waals surface area contributed by atoms with Crippen LogP contribution in [-0.2, 0) is 14.3 Å². The van der Waals surface area contributed by atoms with Crippen LogP contribution in [0.15, 0.2) is 12.2 Å². The summed E-state index contributed by atoms with van der Waals surface area (Å²) in [5.41, 5.74) is 0. The Bertz CT molecular complexity index is 271. The maximum Gasteiger partial charge on any atom is 0.331 e. The summed E-state index contributed by atoms with van der Waals surface area (Å²) >= 11 is 0. The molecule has 84 valence electrons. The lowest BCUT2D eigenvalue weighted by Crippen LogP contribution is -2.33. The van der Waals surface area contributed by atoms with Crippen molar-refractivity contribution in [1.29, 1.82) is 0 Å². The Kier molecular flexibility index (Phi) is 4.30. The number of carboxylic acids is 1. The second-order valence-electron chi connectivity index (χ2n) is 3.50. The van der Waals surface area contributed by atoms with Gasteiger partial charge < -0.3 is 14.9 Å². The zero-order valence-corrected chi connectivity index (χ0v) is 8.26. The van der Waals surface area contributed by atoms with Crippen LogP contribution in [-0.4, -0.2) is 34.4 Å². The Balaban J connectivity index is 2.39. The van der Waals surface area contributed by atoms with E-state index in [0.29, 0.717) is 12.8 Å². The fourth-order valence-electron chi connectivity index (χ4n) is 1.54. The van der Waals surface area contributed by atoms with E-state index in [2.05, 4.69) is 0 Å². The molecule has 0 aliphatic heterocycles. The molecule has 5 heteroatoms. The molecule has 0 heterocycles. The van der Waals surface area contributed by atoms with Gasteiger partial charge in [0.2, 0.25) is 0 Å². The smallest absolute Gasteiger partial charge is 0.331 e. The maximum absolute atomic E-state index is 11.1. The maximum atomic E-state index is 11.1. The highest BCUT2D eigenvalue weighted by Crippen LogP contribution is 2.21. The first-order chi connectivity index (χ1) is 7.09. The first-order valence-corrected chi connectivity index (χ1v) is 4.89. The van der Waals surface area contributed by atoms with Crippen LogP contribution in [0, 0.1) is 0 Å². The van der Waals surface area contributed by atoms with Crippen LogP contribution in [0.3, 0.4) is 0 Å². The summed E-state index contributed by atoms with van der Waals surface area (Å²) in [5.74, 6) is -1.92. The van der Waals surface area contributed by atoms with E-state index in [-0.39, 0.29) is 0 Å². The van der Waals surface area contributed by atoms with E-state index in [1.807, 2.05) is 0 Å². The molecule has 1 fully saturated rings. The van der Waals surface area contributed by atoms with Gasteiger partial charge >= 0.3 is 11.9 Å². The third-order valence-corrected chi connectivity index (χ3v) is 2.30. The van der Waals surface area contributed by atoms with Crippen molar-refractivity contribution >= 4 is 11.9 Å². The predicted octanol–water partition coefficient (Wildman–Crippen LogP) is 0.474. The zero-order valence-electron chi connectivity index (χ0n) is 8.26. The third-order valence-electron chi connectivity index (χ3n) is 2.30. The average molecular weight is 214 g/mol. The third kappa shape index (κ3) is 4.12. The van der Waals surface area contributed by atoms with Crippen molar-refractivity contribution < 1.29 is 24.5 Å². The van der Waals surface area contributed by atoms with Crippen molar-refractivity contribution in [1.82, 2.24) is 0 Å². The standard InChI is InChI=1S/C10H14O5/c11-7-3-1-2-4-8(7)15-10(14)6-5-9(12)13/h5-8,11H,1-4H2,(H,12,13)/b6-5+. The molecule has 1 rings (SSSR count). The van der Waals surface area contributed by atoms with Crippen molar-refractivity contribution in [2.75, 3.05) is 0 Å². The number of rotatable bonds is 3. The summed E-state index contributed by atoms with van der Waals surface area (Å²) in [7, 11) is 0. The number of aliphatic hydroxyl groups excluding tert-OH is 1. The topological polar surface area (TPSA) is 83.8 Å². The SMILES string of the molecule is O=C(O)/C=C/C(=O)OC1CCCCC1O. The van der Waals surface area contributed by atoms with E-state index in [1.165, 1.54) is 0 Å². The molecule has 0 aromatic heterocycles. The molecule has 1 aliphatic carbocycles. The molecule has 0 bridgehead atoms. The number of hydrogen-bond acceptors (Lipinski definition) is 4. The van der Waals surface area contributed by atoms with E-state index in [4.69, 9.17) is 9.84 Å². The van der Waals surface area contributed by atoms with Gasteiger partial charge in [-0.15, -0.1) is 0 Å². The number of carbonyl (C=O) groups excluding carboxylic acids is 1. The number of aliphatic hydroxyl groups is 1. The number of carboxylic acid groups (broad SMARTS) is 1. The summed E-state index contributed by atoms with van der Waals surface area (Å²) in [5, 5.41) is 17.8. The molecular weight excluding hydrogens is 200 g/mol. The molecule has 0 saturated heterocycles. The fraction of sp³-hybridized carbons (Fsp3) is 0.600. The molecule has 2 N–H and O–H groups in total. The summed E-state index contributed by atoms with van der Waals surface area (Å²) in [6, 6.07) is 0. The largest absolute Gasteiger partial charge is 0.478 e. The Hall–Kier alpha value is -1.36. The van der Waals surface area contributed by atoms with Gasteiger partial charge in [-0.3, -0.25) is 0 Å². The molecule has 15 heavy (non-hydrogen) atoms. The molecule has 5 nitrogen and oxygen atoms in total. The van der Waals surface area contributed by atoms with Gasteiger partial charge in [0.05, 0.1) is 6.10 Å². The number of ether oxygens (including phenoxy) is 1. The molecule has 0 radical (unpaired) electrons. The minimum absolute atomic E-state index is 0.496. The Labute approximate surface area is 87.4 Å². The van der Waals surface area contributed by atoms with Gasteiger partial charge in [0.25, 0.3) is 0 Å². The van der Waals surface area contributed by atoms with Gasteiger partial charge in [-0.25, -0.2) is 9.59 Å². The van der Waals surface area contributed by atoms with Gasteiger partial charge in [-0.05, 0) is 19.3 Å². The Morgan fingerprint density at radius 3 is 2.47 bits per heavy atom. The van der Waals surface area contributed by atoms with Gasteiger partial charge in [0.1, 0.15) is 6.10 Å². The number of esters is 1. The van der Waals surface area contributed by atoms with Crippen LogP contribution in [0.4, 0.5) is 0 Å².